The summed E-state index contributed by atoms with van der Waals surface area (Å²) < 4.78 is 0. The lowest BCUT2D eigenvalue weighted by molar-refractivity contribution is 0.0924. The molecule has 0 saturated carbocycles. The molecule has 3 N–H and O–H groups in total. The summed E-state index contributed by atoms with van der Waals surface area (Å²) >= 11 is 0. The van der Waals surface area contributed by atoms with Crippen molar-refractivity contribution in [2.24, 2.45) is 0 Å². The third-order valence-corrected chi connectivity index (χ3v) is 2.61. The number of hydrogen-bond acceptors (Lipinski definition) is 3. The molecule has 100 valence electrons. The van der Waals surface area contributed by atoms with E-state index in [4.69, 9.17) is 0 Å². The highest BCUT2D eigenvalue weighted by Crippen LogP contribution is 2.15. The molecular formula is C14H22N2O2. The third-order valence-electron chi connectivity index (χ3n) is 2.61. The smallest absolute Gasteiger partial charge is 0.253 e. The number of hydrogen-bond donors (Lipinski definition) is 3. The fourth-order valence-corrected chi connectivity index (χ4v) is 1.90. The van der Waals surface area contributed by atoms with Gasteiger partial charge in [-0.3, -0.25) is 4.79 Å². The van der Waals surface area contributed by atoms with Gasteiger partial charge < -0.3 is 15.7 Å². The zero-order valence-corrected chi connectivity index (χ0v) is 11.2. The molecule has 1 aromatic rings. The maximum Gasteiger partial charge on any atom is 0.253 e. The number of amides is 1. The van der Waals surface area contributed by atoms with Gasteiger partial charge >= 0.3 is 0 Å². The molecular weight excluding hydrogens is 228 g/mol. The van der Waals surface area contributed by atoms with Crippen molar-refractivity contribution in [2.75, 3.05) is 11.9 Å². The van der Waals surface area contributed by atoms with E-state index in [9.17, 15) is 9.90 Å². The van der Waals surface area contributed by atoms with Crippen LogP contribution < -0.4 is 10.6 Å². The van der Waals surface area contributed by atoms with Crippen molar-refractivity contribution >= 4 is 11.6 Å². The molecule has 0 aliphatic carbocycles. The second kappa shape index (κ2) is 7.01. The minimum Gasteiger partial charge on any atom is -0.393 e. The Bertz CT molecular complexity index is 391. The second-order valence-corrected chi connectivity index (χ2v) is 4.54. The normalized spacial score (nSPS) is 13.8. The second-order valence-electron chi connectivity index (χ2n) is 4.54. The van der Waals surface area contributed by atoms with Crippen LogP contribution in [0.4, 0.5) is 5.69 Å². The minimum absolute atomic E-state index is 0.0489. The van der Waals surface area contributed by atoms with Crippen LogP contribution in [0.1, 0.15) is 37.6 Å². The van der Waals surface area contributed by atoms with Gasteiger partial charge in [0, 0.05) is 18.3 Å². The van der Waals surface area contributed by atoms with Gasteiger partial charge in [-0.05, 0) is 39.3 Å². The first kappa shape index (κ1) is 14.5. The predicted molar refractivity (Wildman–Crippen MR) is 73.8 cm³/mol. The van der Waals surface area contributed by atoms with Crippen LogP contribution in [0.3, 0.4) is 0 Å². The molecule has 0 bridgehead atoms. The van der Waals surface area contributed by atoms with Crippen LogP contribution in [0.5, 0.6) is 0 Å². The first-order valence-corrected chi connectivity index (χ1v) is 6.36. The fraction of sp³-hybridized carbons (Fsp3) is 0.500. The molecule has 0 heterocycles. The van der Waals surface area contributed by atoms with Gasteiger partial charge in [0.05, 0.1) is 11.7 Å². The topological polar surface area (TPSA) is 61.4 Å². The molecule has 1 aromatic carbocycles. The summed E-state index contributed by atoms with van der Waals surface area (Å²) in [6, 6.07) is 7.37. The maximum absolute atomic E-state index is 12.1. The molecule has 1 amide bonds. The number of nitrogens with one attached hydrogen (secondary N) is 2. The van der Waals surface area contributed by atoms with Gasteiger partial charge in [0.15, 0.2) is 0 Å². The number of aliphatic hydroxyl groups is 1. The number of carbonyl (C=O) groups is 1. The van der Waals surface area contributed by atoms with E-state index in [0.717, 1.165) is 12.2 Å². The first-order chi connectivity index (χ1) is 8.54. The van der Waals surface area contributed by atoms with Gasteiger partial charge in [-0.1, -0.05) is 12.1 Å². The lowest BCUT2D eigenvalue weighted by Crippen LogP contribution is -2.35. The van der Waals surface area contributed by atoms with Gasteiger partial charge in [-0.2, -0.15) is 0 Å². The minimum atomic E-state index is -0.413. The highest BCUT2D eigenvalue weighted by Gasteiger charge is 2.14. The molecule has 0 spiro atoms. The summed E-state index contributed by atoms with van der Waals surface area (Å²) in [6.45, 7) is 6.37. The van der Waals surface area contributed by atoms with Gasteiger partial charge in [-0.15, -0.1) is 0 Å². The van der Waals surface area contributed by atoms with Crippen LogP contribution in [-0.2, 0) is 0 Å². The van der Waals surface area contributed by atoms with Gasteiger partial charge in [-0.25, -0.2) is 0 Å². The van der Waals surface area contributed by atoms with Gasteiger partial charge in [0.2, 0.25) is 0 Å². The van der Waals surface area contributed by atoms with E-state index in [0.29, 0.717) is 12.0 Å². The fourth-order valence-electron chi connectivity index (χ4n) is 1.90. The van der Waals surface area contributed by atoms with Crippen LogP contribution in [-0.4, -0.2) is 29.7 Å². The highest BCUT2D eigenvalue weighted by atomic mass is 16.3. The van der Waals surface area contributed by atoms with Crippen LogP contribution in [0, 0.1) is 0 Å². The molecule has 0 aromatic heterocycles. The average molecular weight is 250 g/mol. The van der Waals surface area contributed by atoms with E-state index in [1.807, 2.05) is 32.0 Å². The molecule has 18 heavy (non-hydrogen) atoms. The number of rotatable bonds is 6. The van der Waals surface area contributed by atoms with Crippen LogP contribution in [0.2, 0.25) is 0 Å². The monoisotopic (exact) mass is 250 g/mol. The van der Waals surface area contributed by atoms with Crippen molar-refractivity contribution in [1.29, 1.82) is 0 Å². The summed E-state index contributed by atoms with van der Waals surface area (Å²) in [7, 11) is 0. The van der Waals surface area contributed by atoms with E-state index in [1.54, 1.807) is 13.0 Å². The van der Waals surface area contributed by atoms with Crippen LogP contribution in [0.15, 0.2) is 24.3 Å². The van der Waals surface area contributed by atoms with Crippen LogP contribution in [0.25, 0.3) is 0 Å². The predicted octanol–water partition coefficient (Wildman–Crippen LogP) is 2.01. The molecule has 0 aliphatic heterocycles. The highest BCUT2D eigenvalue weighted by molar-refractivity contribution is 5.99. The van der Waals surface area contributed by atoms with E-state index >= 15 is 0 Å². The Morgan fingerprint density at radius 3 is 2.61 bits per heavy atom. The Kier molecular flexibility index (Phi) is 5.65. The SMILES string of the molecule is CCNc1ccccc1C(=O)NC(C)CC(C)O. The van der Waals surface area contributed by atoms with Crippen molar-refractivity contribution in [1.82, 2.24) is 5.32 Å². The summed E-state index contributed by atoms with van der Waals surface area (Å²) in [6.07, 6.45) is 0.138. The van der Waals surface area contributed by atoms with Crippen molar-refractivity contribution in [3.63, 3.8) is 0 Å². The average Bonchev–Trinajstić information content (AvgIpc) is 2.28. The van der Waals surface area contributed by atoms with E-state index in [1.165, 1.54) is 0 Å². The Hall–Kier alpha value is -1.55. The summed E-state index contributed by atoms with van der Waals surface area (Å²) in [4.78, 5) is 12.1. The molecule has 1 rings (SSSR count). The zero-order chi connectivity index (χ0) is 13.5. The molecule has 4 heteroatoms. The molecule has 2 atom stereocenters. The molecule has 0 fully saturated rings. The first-order valence-electron chi connectivity index (χ1n) is 6.36. The van der Waals surface area contributed by atoms with Crippen LogP contribution >= 0.6 is 0 Å². The molecule has 0 aliphatic rings. The Morgan fingerprint density at radius 1 is 1.33 bits per heavy atom. The van der Waals surface area contributed by atoms with Crippen molar-refractivity contribution in [3.05, 3.63) is 29.8 Å². The van der Waals surface area contributed by atoms with Crippen molar-refractivity contribution < 1.29 is 9.90 Å². The Balaban J connectivity index is 2.71. The van der Waals surface area contributed by atoms with E-state index in [-0.39, 0.29) is 11.9 Å². The maximum atomic E-state index is 12.1. The standard InChI is InChI=1S/C14H22N2O2/c1-4-15-13-8-6-5-7-12(13)14(18)16-10(2)9-11(3)17/h5-8,10-11,15,17H,4,9H2,1-3H3,(H,16,18). The van der Waals surface area contributed by atoms with Crippen molar-refractivity contribution in [2.45, 2.75) is 39.3 Å². The van der Waals surface area contributed by atoms with E-state index in [2.05, 4.69) is 10.6 Å². The summed E-state index contributed by atoms with van der Waals surface area (Å²) in [5.41, 5.74) is 1.47. The Morgan fingerprint density at radius 2 is 2.00 bits per heavy atom. The number of carbonyl (C=O) groups excluding carboxylic acids is 1. The third kappa shape index (κ3) is 4.37. The number of anilines is 1. The molecule has 2 unspecified atom stereocenters. The quantitative estimate of drug-likeness (QED) is 0.723. The zero-order valence-electron chi connectivity index (χ0n) is 11.2. The van der Waals surface area contributed by atoms with E-state index < -0.39 is 6.10 Å². The van der Waals surface area contributed by atoms with Gasteiger partial charge in [0.25, 0.3) is 5.91 Å². The number of para-hydroxylation sites is 1. The largest absolute Gasteiger partial charge is 0.393 e. The number of benzene rings is 1. The van der Waals surface area contributed by atoms with Crippen molar-refractivity contribution in [3.8, 4) is 0 Å². The summed E-state index contributed by atoms with van der Waals surface area (Å²) in [5.74, 6) is -0.111. The molecule has 0 radical (unpaired) electrons. The molecule has 4 nitrogen and oxygen atoms in total. The lowest BCUT2D eigenvalue weighted by atomic mass is 10.1. The lowest BCUT2D eigenvalue weighted by Gasteiger charge is -2.17. The number of aliphatic hydroxyl groups excluding tert-OH is 1. The molecule has 0 saturated heterocycles. The Labute approximate surface area is 108 Å². The summed E-state index contributed by atoms with van der Waals surface area (Å²) in [5, 5.41) is 15.3. The van der Waals surface area contributed by atoms with Gasteiger partial charge in [0.1, 0.15) is 0 Å².